The molecular formula is C7H16BF3KNO. The van der Waals surface area contributed by atoms with E-state index in [2.05, 4.69) is 0 Å². The molecule has 0 fully saturated rings. The van der Waals surface area contributed by atoms with Crippen molar-refractivity contribution in [2.75, 3.05) is 26.7 Å². The Balaban J connectivity index is 0. The van der Waals surface area contributed by atoms with Crippen molar-refractivity contribution in [3.8, 4) is 0 Å². The molecule has 0 N–H and O–H groups in total. The Hall–Kier alpha value is 1.41. The fourth-order valence-electron chi connectivity index (χ4n) is 1.23. The molecule has 0 rings (SSSR count). The molecule has 0 spiro atoms. The number of halogens is 3. The molecule has 0 amide bonds. The molecule has 0 aromatic heterocycles. The van der Waals surface area contributed by atoms with Gasteiger partial charge in [0.05, 0.1) is 6.61 Å². The van der Waals surface area contributed by atoms with Crippen LogP contribution in [0, 0.1) is 0 Å². The van der Waals surface area contributed by atoms with Crippen LogP contribution in [0.25, 0.3) is 0 Å². The fraction of sp³-hybridized carbons (Fsp3) is 1.00. The van der Waals surface area contributed by atoms with E-state index in [4.69, 9.17) is 4.74 Å². The van der Waals surface area contributed by atoms with Crippen LogP contribution in [0.5, 0.6) is 0 Å². The molecule has 0 aromatic rings. The third-order valence-corrected chi connectivity index (χ3v) is 1.88. The van der Waals surface area contributed by atoms with Crippen LogP contribution in [0.1, 0.15) is 13.8 Å². The molecule has 0 saturated heterocycles. The van der Waals surface area contributed by atoms with Gasteiger partial charge in [-0.05, 0) is 19.9 Å². The molecule has 1 atom stereocenters. The Morgan fingerprint density at radius 2 is 1.86 bits per heavy atom. The van der Waals surface area contributed by atoms with Crippen LogP contribution in [-0.2, 0) is 4.74 Å². The smallest absolute Gasteiger partial charge is 0.448 e. The van der Waals surface area contributed by atoms with Crippen LogP contribution in [0.15, 0.2) is 0 Å². The molecule has 80 valence electrons. The van der Waals surface area contributed by atoms with Crippen LogP contribution < -0.4 is 51.4 Å². The SMILES string of the molecule is CCN(C[B-](F)(F)F)C(C)COC.[K+]. The van der Waals surface area contributed by atoms with Gasteiger partial charge in [-0.1, -0.05) is 6.92 Å². The fourth-order valence-corrected chi connectivity index (χ4v) is 1.23. The Morgan fingerprint density at radius 3 is 2.14 bits per heavy atom. The monoisotopic (exact) mass is 237 g/mol. The second kappa shape index (κ2) is 8.55. The topological polar surface area (TPSA) is 12.5 Å². The zero-order chi connectivity index (χ0) is 10.5. The van der Waals surface area contributed by atoms with Crippen molar-refractivity contribution in [1.82, 2.24) is 4.90 Å². The van der Waals surface area contributed by atoms with E-state index < -0.39 is 13.4 Å². The summed E-state index contributed by atoms with van der Waals surface area (Å²) >= 11 is 0. The van der Waals surface area contributed by atoms with Crippen LogP contribution in [-0.4, -0.2) is 44.6 Å². The minimum atomic E-state index is -4.73. The maximum absolute atomic E-state index is 12.1. The summed E-state index contributed by atoms with van der Waals surface area (Å²) in [4.78, 5) is 1.36. The Kier molecular flexibility index (Phi) is 10.9. The molecule has 0 heterocycles. The number of nitrogens with zero attached hydrogens (tertiary/aromatic N) is 1. The summed E-state index contributed by atoms with van der Waals surface area (Å²) in [6.45, 7) is -0.553. The van der Waals surface area contributed by atoms with E-state index in [1.165, 1.54) is 12.0 Å². The molecule has 2 nitrogen and oxygen atoms in total. The van der Waals surface area contributed by atoms with Crippen molar-refractivity contribution in [1.29, 1.82) is 0 Å². The average molecular weight is 237 g/mol. The quantitative estimate of drug-likeness (QED) is 0.534. The summed E-state index contributed by atoms with van der Waals surface area (Å²) in [5, 5.41) is 0. The Labute approximate surface area is 126 Å². The van der Waals surface area contributed by atoms with Crippen LogP contribution in [0.3, 0.4) is 0 Å². The third kappa shape index (κ3) is 8.70. The van der Waals surface area contributed by atoms with Gasteiger partial charge in [-0.2, -0.15) is 0 Å². The molecular weight excluding hydrogens is 221 g/mol. The van der Waals surface area contributed by atoms with Crippen molar-refractivity contribution >= 4 is 6.98 Å². The summed E-state index contributed by atoms with van der Waals surface area (Å²) < 4.78 is 41.0. The largest absolute Gasteiger partial charge is 1.00 e. The maximum atomic E-state index is 12.1. The van der Waals surface area contributed by atoms with E-state index in [-0.39, 0.29) is 57.4 Å². The summed E-state index contributed by atoms with van der Waals surface area (Å²) in [6, 6.07) is -0.182. The Morgan fingerprint density at radius 1 is 1.36 bits per heavy atom. The summed E-state index contributed by atoms with van der Waals surface area (Å²) in [6.07, 6.45) is -0.805. The van der Waals surface area contributed by atoms with Gasteiger partial charge in [0.15, 0.2) is 0 Å². The van der Waals surface area contributed by atoms with Crippen molar-refractivity contribution < 1.29 is 69.1 Å². The standard InChI is InChI=1S/C7H16BF3NO.K/c1-4-12(6-8(9,10)11)7(2)5-13-3;/h7H,4-6H2,1-3H3;/q-1;+1. The number of hydrogen-bond donors (Lipinski definition) is 0. The predicted octanol–water partition coefficient (Wildman–Crippen LogP) is -1.27. The third-order valence-electron chi connectivity index (χ3n) is 1.88. The van der Waals surface area contributed by atoms with Gasteiger partial charge in [0.1, 0.15) is 0 Å². The van der Waals surface area contributed by atoms with Gasteiger partial charge >= 0.3 is 58.4 Å². The van der Waals surface area contributed by atoms with Crippen molar-refractivity contribution in [3.05, 3.63) is 0 Å². The molecule has 7 heteroatoms. The van der Waals surface area contributed by atoms with Crippen LogP contribution >= 0.6 is 0 Å². The first-order valence-electron chi connectivity index (χ1n) is 4.34. The minimum Gasteiger partial charge on any atom is -0.448 e. The average Bonchev–Trinajstić information content (AvgIpc) is 1.99. The molecule has 0 radical (unpaired) electrons. The van der Waals surface area contributed by atoms with E-state index >= 15 is 0 Å². The predicted molar refractivity (Wildman–Crippen MR) is 47.7 cm³/mol. The van der Waals surface area contributed by atoms with Gasteiger partial charge in [0.25, 0.3) is 0 Å². The van der Waals surface area contributed by atoms with Crippen LogP contribution in [0.4, 0.5) is 12.9 Å². The van der Waals surface area contributed by atoms with Crippen molar-refractivity contribution in [2.24, 2.45) is 0 Å². The van der Waals surface area contributed by atoms with Gasteiger partial charge in [0.2, 0.25) is 0 Å². The van der Waals surface area contributed by atoms with E-state index in [1.54, 1.807) is 13.8 Å². The number of likely N-dealkylation sites (N-methyl/N-ethyl adjacent to an activating group) is 1. The van der Waals surface area contributed by atoms with Crippen LogP contribution in [0.2, 0.25) is 0 Å². The number of ether oxygens (including phenoxy) is 1. The molecule has 14 heavy (non-hydrogen) atoms. The minimum absolute atomic E-state index is 0. The Bertz CT molecular complexity index is 147. The molecule has 0 saturated carbocycles. The first-order chi connectivity index (χ1) is 5.90. The van der Waals surface area contributed by atoms with Gasteiger partial charge in [0, 0.05) is 13.2 Å². The van der Waals surface area contributed by atoms with Gasteiger partial charge in [-0.3, -0.25) is 0 Å². The number of hydrogen-bond acceptors (Lipinski definition) is 2. The molecule has 0 aliphatic rings. The second-order valence-electron chi connectivity index (χ2n) is 3.10. The van der Waals surface area contributed by atoms with Gasteiger partial charge in [-0.25, -0.2) is 0 Å². The summed E-state index contributed by atoms with van der Waals surface area (Å²) in [5.41, 5.74) is 0. The molecule has 0 bridgehead atoms. The second-order valence-corrected chi connectivity index (χ2v) is 3.10. The molecule has 0 aromatic carbocycles. The summed E-state index contributed by atoms with van der Waals surface area (Å²) in [7, 11) is 1.49. The normalized spacial score (nSPS) is 13.9. The van der Waals surface area contributed by atoms with Gasteiger partial charge < -0.3 is 22.6 Å². The molecule has 0 aliphatic carbocycles. The zero-order valence-electron chi connectivity index (χ0n) is 9.27. The van der Waals surface area contributed by atoms with E-state index in [0.717, 1.165) is 0 Å². The number of rotatable bonds is 6. The zero-order valence-corrected chi connectivity index (χ0v) is 12.4. The number of methoxy groups -OCH3 is 1. The van der Waals surface area contributed by atoms with Crippen molar-refractivity contribution in [2.45, 2.75) is 19.9 Å². The van der Waals surface area contributed by atoms with E-state index in [1.807, 2.05) is 0 Å². The first-order valence-corrected chi connectivity index (χ1v) is 4.34. The first kappa shape index (κ1) is 17.8. The maximum Gasteiger partial charge on any atom is 1.00 e. The summed E-state index contributed by atoms with van der Waals surface area (Å²) in [5.74, 6) is 0. The molecule has 1 unspecified atom stereocenters. The van der Waals surface area contributed by atoms with Gasteiger partial charge in [-0.15, -0.1) is 0 Å². The van der Waals surface area contributed by atoms with E-state index in [9.17, 15) is 12.9 Å². The van der Waals surface area contributed by atoms with Crippen molar-refractivity contribution in [3.63, 3.8) is 0 Å². The molecule has 0 aliphatic heterocycles. The van der Waals surface area contributed by atoms with E-state index in [0.29, 0.717) is 13.2 Å².